The molecule has 2 N–H and O–H groups in total. The van der Waals surface area contributed by atoms with E-state index in [1.165, 1.54) is 19.3 Å². The van der Waals surface area contributed by atoms with E-state index in [1.54, 1.807) is 5.57 Å². The van der Waals surface area contributed by atoms with Crippen molar-refractivity contribution in [2.24, 2.45) is 11.7 Å². The molecule has 1 rings (SSSR count). The van der Waals surface area contributed by atoms with Gasteiger partial charge in [-0.1, -0.05) is 18.6 Å². The lowest BCUT2D eigenvalue weighted by molar-refractivity contribution is 0.667. The molecule has 0 aliphatic heterocycles. The Morgan fingerprint density at radius 3 is 3.00 bits per heavy atom. The Morgan fingerprint density at radius 1 is 1.78 bits per heavy atom. The van der Waals surface area contributed by atoms with Crippen LogP contribution < -0.4 is 5.73 Å². The Balaban J connectivity index is 2.40. The van der Waals surface area contributed by atoms with Gasteiger partial charge < -0.3 is 5.73 Å². The Labute approximate surface area is 56.9 Å². The van der Waals surface area contributed by atoms with Gasteiger partial charge in [-0.2, -0.15) is 0 Å². The maximum absolute atomic E-state index is 5.51. The Morgan fingerprint density at radius 2 is 2.56 bits per heavy atom. The van der Waals surface area contributed by atoms with Crippen molar-refractivity contribution in [2.75, 3.05) is 6.54 Å². The van der Waals surface area contributed by atoms with Crippen LogP contribution >= 0.6 is 0 Å². The Kier molecular flexibility index (Phi) is 2.29. The van der Waals surface area contributed by atoms with Gasteiger partial charge in [-0.05, 0) is 31.7 Å². The average molecular weight is 125 g/mol. The van der Waals surface area contributed by atoms with Crippen LogP contribution in [0.4, 0.5) is 0 Å². The molecule has 1 nitrogen and oxygen atoms in total. The first-order valence-electron chi connectivity index (χ1n) is 3.73. The second-order valence-electron chi connectivity index (χ2n) is 2.81. The smallest absolute Gasteiger partial charge is 0.00142 e. The zero-order valence-electron chi connectivity index (χ0n) is 6.06. The third-order valence-corrected chi connectivity index (χ3v) is 2.06. The average Bonchev–Trinajstić information content (AvgIpc) is 2.37. The summed E-state index contributed by atoms with van der Waals surface area (Å²) in [5, 5.41) is 0. The summed E-state index contributed by atoms with van der Waals surface area (Å²) in [6.45, 7) is 3.02. The number of allylic oxidation sites excluding steroid dienone is 1. The fourth-order valence-corrected chi connectivity index (χ4v) is 1.29. The van der Waals surface area contributed by atoms with Crippen LogP contribution in [0.1, 0.15) is 26.2 Å². The van der Waals surface area contributed by atoms with Gasteiger partial charge >= 0.3 is 0 Å². The van der Waals surface area contributed by atoms with E-state index in [2.05, 4.69) is 13.0 Å². The lowest BCUT2D eigenvalue weighted by atomic mass is 10.0. The SMILES string of the molecule is CC(CN)C1=CCCC1. The van der Waals surface area contributed by atoms with Crippen LogP contribution in [0.5, 0.6) is 0 Å². The largest absolute Gasteiger partial charge is 0.330 e. The first-order chi connectivity index (χ1) is 4.34. The van der Waals surface area contributed by atoms with Gasteiger partial charge in [0.05, 0.1) is 0 Å². The van der Waals surface area contributed by atoms with Crippen molar-refractivity contribution in [1.29, 1.82) is 0 Å². The van der Waals surface area contributed by atoms with Crippen LogP contribution in [-0.4, -0.2) is 6.54 Å². The topological polar surface area (TPSA) is 26.0 Å². The van der Waals surface area contributed by atoms with Crippen LogP contribution in [0.2, 0.25) is 0 Å². The molecule has 0 radical (unpaired) electrons. The van der Waals surface area contributed by atoms with E-state index in [4.69, 9.17) is 5.73 Å². The van der Waals surface area contributed by atoms with E-state index >= 15 is 0 Å². The predicted octanol–water partition coefficient (Wildman–Crippen LogP) is 1.69. The minimum atomic E-state index is 0.632. The fourth-order valence-electron chi connectivity index (χ4n) is 1.29. The lowest BCUT2D eigenvalue weighted by Crippen LogP contribution is -2.11. The van der Waals surface area contributed by atoms with Crippen molar-refractivity contribution < 1.29 is 0 Å². The van der Waals surface area contributed by atoms with Crippen molar-refractivity contribution in [3.05, 3.63) is 11.6 Å². The number of hydrogen-bond donors (Lipinski definition) is 1. The summed E-state index contributed by atoms with van der Waals surface area (Å²) in [6, 6.07) is 0. The molecule has 0 spiro atoms. The molecule has 1 aliphatic carbocycles. The van der Waals surface area contributed by atoms with E-state index in [0.29, 0.717) is 5.92 Å². The molecule has 0 fully saturated rings. The zero-order chi connectivity index (χ0) is 6.69. The molecule has 1 unspecified atom stereocenters. The summed E-state index contributed by atoms with van der Waals surface area (Å²) < 4.78 is 0. The minimum absolute atomic E-state index is 0.632. The van der Waals surface area contributed by atoms with Crippen molar-refractivity contribution in [2.45, 2.75) is 26.2 Å². The number of hydrogen-bond acceptors (Lipinski definition) is 1. The highest BCUT2D eigenvalue weighted by molar-refractivity contribution is 5.10. The molecule has 1 heteroatoms. The van der Waals surface area contributed by atoms with Gasteiger partial charge in [0.25, 0.3) is 0 Å². The molecule has 0 amide bonds. The van der Waals surface area contributed by atoms with Crippen molar-refractivity contribution in [3.8, 4) is 0 Å². The lowest BCUT2D eigenvalue weighted by Gasteiger charge is -2.07. The minimum Gasteiger partial charge on any atom is -0.330 e. The normalized spacial score (nSPS) is 21.8. The van der Waals surface area contributed by atoms with Crippen LogP contribution in [0.25, 0.3) is 0 Å². The number of nitrogens with two attached hydrogens (primary N) is 1. The second-order valence-corrected chi connectivity index (χ2v) is 2.81. The first kappa shape index (κ1) is 6.81. The van der Waals surface area contributed by atoms with Gasteiger partial charge in [0, 0.05) is 0 Å². The van der Waals surface area contributed by atoms with E-state index in [-0.39, 0.29) is 0 Å². The highest BCUT2D eigenvalue weighted by Crippen LogP contribution is 2.23. The molecule has 0 saturated heterocycles. The Hall–Kier alpha value is -0.300. The van der Waals surface area contributed by atoms with Gasteiger partial charge in [-0.3, -0.25) is 0 Å². The molecule has 1 aliphatic rings. The molecule has 52 valence electrons. The fraction of sp³-hybridized carbons (Fsp3) is 0.750. The Bertz CT molecular complexity index is 116. The van der Waals surface area contributed by atoms with Crippen molar-refractivity contribution >= 4 is 0 Å². The zero-order valence-corrected chi connectivity index (χ0v) is 6.06. The molecular weight excluding hydrogens is 110 g/mol. The standard InChI is InChI=1S/C8H15N/c1-7(6-9)8-4-2-3-5-8/h4,7H,2-3,5-6,9H2,1H3. The van der Waals surface area contributed by atoms with E-state index in [9.17, 15) is 0 Å². The summed E-state index contributed by atoms with van der Waals surface area (Å²) in [6.07, 6.45) is 6.26. The highest BCUT2D eigenvalue weighted by Gasteiger charge is 2.09. The van der Waals surface area contributed by atoms with Crippen LogP contribution in [0, 0.1) is 5.92 Å². The highest BCUT2D eigenvalue weighted by atomic mass is 14.5. The van der Waals surface area contributed by atoms with Gasteiger partial charge in [-0.25, -0.2) is 0 Å². The van der Waals surface area contributed by atoms with E-state index in [1.807, 2.05) is 0 Å². The monoisotopic (exact) mass is 125 g/mol. The summed E-state index contributed by atoms with van der Waals surface area (Å²) in [5.41, 5.74) is 7.09. The van der Waals surface area contributed by atoms with Crippen LogP contribution in [0.15, 0.2) is 11.6 Å². The molecule has 0 aromatic carbocycles. The molecule has 0 heterocycles. The molecule has 9 heavy (non-hydrogen) atoms. The van der Waals surface area contributed by atoms with Gasteiger partial charge in [0.2, 0.25) is 0 Å². The predicted molar refractivity (Wildman–Crippen MR) is 40.2 cm³/mol. The van der Waals surface area contributed by atoms with Gasteiger partial charge in [-0.15, -0.1) is 0 Å². The second kappa shape index (κ2) is 3.02. The van der Waals surface area contributed by atoms with Crippen LogP contribution in [-0.2, 0) is 0 Å². The summed E-state index contributed by atoms with van der Waals surface area (Å²) in [4.78, 5) is 0. The molecule has 0 aromatic heterocycles. The van der Waals surface area contributed by atoms with Crippen molar-refractivity contribution in [3.63, 3.8) is 0 Å². The number of rotatable bonds is 2. The summed E-state index contributed by atoms with van der Waals surface area (Å²) in [7, 11) is 0. The third-order valence-electron chi connectivity index (χ3n) is 2.06. The van der Waals surface area contributed by atoms with Crippen LogP contribution in [0.3, 0.4) is 0 Å². The van der Waals surface area contributed by atoms with Crippen molar-refractivity contribution in [1.82, 2.24) is 0 Å². The van der Waals surface area contributed by atoms with Gasteiger partial charge in [0.15, 0.2) is 0 Å². The maximum atomic E-state index is 5.51. The summed E-state index contributed by atoms with van der Waals surface area (Å²) in [5.74, 6) is 0.632. The maximum Gasteiger partial charge on any atom is -0.00142 e. The molecule has 0 saturated carbocycles. The van der Waals surface area contributed by atoms with E-state index < -0.39 is 0 Å². The molecule has 0 aromatic rings. The molecular formula is C8H15N. The molecule has 1 atom stereocenters. The third kappa shape index (κ3) is 1.55. The van der Waals surface area contributed by atoms with Gasteiger partial charge in [0.1, 0.15) is 0 Å². The molecule has 0 bridgehead atoms. The summed E-state index contributed by atoms with van der Waals surface area (Å²) >= 11 is 0. The van der Waals surface area contributed by atoms with E-state index in [0.717, 1.165) is 6.54 Å². The quantitative estimate of drug-likeness (QED) is 0.558. The first-order valence-corrected chi connectivity index (χ1v) is 3.73.